The molecule has 0 bridgehead atoms. The molecule has 1 atom stereocenters. The number of carboxylic acid groups (broad SMARTS) is 2. The average molecular weight is 283 g/mol. The van der Waals surface area contributed by atoms with Crippen molar-refractivity contribution in [3.63, 3.8) is 0 Å². The van der Waals surface area contributed by atoms with E-state index in [1.54, 1.807) is 0 Å². The van der Waals surface area contributed by atoms with Gasteiger partial charge in [-0.05, 0) is 24.1 Å². The lowest BCUT2D eigenvalue weighted by Gasteiger charge is -2.13. The minimum absolute atomic E-state index is 0.100. The van der Waals surface area contributed by atoms with Crippen molar-refractivity contribution in [3.8, 4) is 0 Å². The molecule has 1 unspecified atom stereocenters. The molecule has 0 aliphatic rings. The van der Waals surface area contributed by atoms with Gasteiger partial charge in [-0.3, -0.25) is 9.59 Å². The second-order valence-electron chi connectivity index (χ2n) is 4.19. The van der Waals surface area contributed by atoms with Gasteiger partial charge in [-0.2, -0.15) is 0 Å². The summed E-state index contributed by atoms with van der Waals surface area (Å²) in [6.45, 7) is 0. The molecule has 0 saturated heterocycles. The fourth-order valence-corrected chi connectivity index (χ4v) is 1.56. The highest BCUT2D eigenvalue weighted by molar-refractivity contribution is 5.85. The molecule has 0 saturated carbocycles. The highest BCUT2D eigenvalue weighted by Gasteiger charge is 2.20. The molecule has 0 aliphatic heterocycles. The predicted molar refractivity (Wildman–Crippen MR) is 66.5 cm³/mol. The Balaban J connectivity index is 2.55. The fourth-order valence-electron chi connectivity index (χ4n) is 1.56. The topological polar surface area (TPSA) is 104 Å². The predicted octanol–water partition coefficient (Wildman–Crippen LogP) is 0.802. The Labute approximate surface area is 114 Å². The van der Waals surface area contributed by atoms with E-state index >= 15 is 0 Å². The highest BCUT2D eigenvalue weighted by Crippen LogP contribution is 2.04. The Kier molecular flexibility index (Phi) is 5.64. The van der Waals surface area contributed by atoms with Crippen LogP contribution in [0.4, 0.5) is 4.39 Å². The first kappa shape index (κ1) is 15.6. The number of benzene rings is 1. The van der Waals surface area contributed by atoms with Crippen molar-refractivity contribution in [2.24, 2.45) is 0 Å². The zero-order chi connectivity index (χ0) is 15.1. The Bertz CT molecular complexity index is 500. The van der Waals surface area contributed by atoms with Crippen LogP contribution in [0.25, 0.3) is 0 Å². The summed E-state index contributed by atoms with van der Waals surface area (Å²) >= 11 is 0. The Morgan fingerprint density at radius 1 is 1.15 bits per heavy atom. The van der Waals surface area contributed by atoms with Crippen LogP contribution in [-0.4, -0.2) is 34.1 Å². The van der Waals surface area contributed by atoms with Gasteiger partial charge in [0, 0.05) is 6.42 Å². The van der Waals surface area contributed by atoms with E-state index in [2.05, 4.69) is 5.32 Å². The second-order valence-corrected chi connectivity index (χ2v) is 4.19. The van der Waals surface area contributed by atoms with Crippen molar-refractivity contribution >= 4 is 17.8 Å². The molecule has 7 heteroatoms. The van der Waals surface area contributed by atoms with Crippen LogP contribution in [-0.2, 0) is 20.8 Å². The number of carboxylic acids is 2. The van der Waals surface area contributed by atoms with Crippen LogP contribution in [0.1, 0.15) is 18.4 Å². The van der Waals surface area contributed by atoms with Gasteiger partial charge in [0.05, 0.1) is 6.42 Å². The molecular weight excluding hydrogens is 269 g/mol. The minimum Gasteiger partial charge on any atom is -0.481 e. The summed E-state index contributed by atoms with van der Waals surface area (Å²) in [5.41, 5.74) is 0.534. The van der Waals surface area contributed by atoms with E-state index in [0.717, 1.165) is 0 Å². The molecular formula is C13H14FNO5. The smallest absolute Gasteiger partial charge is 0.326 e. The lowest BCUT2D eigenvalue weighted by atomic mass is 10.1. The van der Waals surface area contributed by atoms with Crippen molar-refractivity contribution in [1.82, 2.24) is 5.32 Å². The molecule has 0 radical (unpaired) electrons. The largest absolute Gasteiger partial charge is 0.481 e. The van der Waals surface area contributed by atoms with Gasteiger partial charge in [0.15, 0.2) is 0 Å². The van der Waals surface area contributed by atoms with Crippen molar-refractivity contribution in [2.75, 3.05) is 0 Å². The van der Waals surface area contributed by atoms with Crippen molar-refractivity contribution in [2.45, 2.75) is 25.3 Å². The monoisotopic (exact) mass is 283 g/mol. The van der Waals surface area contributed by atoms with Gasteiger partial charge < -0.3 is 15.5 Å². The van der Waals surface area contributed by atoms with Gasteiger partial charge >= 0.3 is 11.9 Å². The number of carbonyl (C=O) groups excluding carboxylic acids is 1. The maximum atomic E-state index is 12.7. The van der Waals surface area contributed by atoms with Gasteiger partial charge in [0.25, 0.3) is 0 Å². The number of hydrogen-bond donors (Lipinski definition) is 3. The van der Waals surface area contributed by atoms with Crippen LogP contribution in [0.3, 0.4) is 0 Å². The fraction of sp³-hybridized carbons (Fsp3) is 0.308. The van der Waals surface area contributed by atoms with E-state index in [0.29, 0.717) is 5.56 Å². The standard InChI is InChI=1S/C13H14FNO5/c14-9-3-1-8(2-4-9)7-11(16)15-10(13(19)20)5-6-12(17)18/h1-4,10H,5-7H2,(H,15,16)(H,17,18)(H,19,20). The van der Waals surface area contributed by atoms with Gasteiger partial charge in [0.2, 0.25) is 5.91 Å². The van der Waals surface area contributed by atoms with E-state index in [1.165, 1.54) is 24.3 Å². The molecule has 0 heterocycles. The zero-order valence-corrected chi connectivity index (χ0v) is 10.5. The van der Waals surface area contributed by atoms with E-state index in [4.69, 9.17) is 10.2 Å². The molecule has 1 aromatic rings. The van der Waals surface area contributed by atoms with E-state index in [1.807, 2.05) is 0 Å². The van der Waals surface area contributed by atoms with E-state index in [-0.39, 0.29) is 19.3 Å². The third-order valence-corrected chi connectivity index (χ3v) is 2.56. The highest BCUT2D eigenvalue weighted by atomic mass is 19.1. The lowest BCUT2D eigenvalue weighted by Crippen LogP contribution is -2.41. The molecule has 3 N–H and O–H groups in total. The molecule has 0 fully saturated rings. The molecule has 1 amide bonds. The van der Waals surface area contributed by atoms with Gasteiger partial charge in [-0.1, -0.05) is 12.1 Å². The van der Waals surface area contributed by atoms with Crippen molar-refractivity contribution in [1.29, 1.82) is 0 Å². The minimum atomic E-state index is -1.29. The molecule has 108 valence electrons. The Morgan fingerprint density at radius 3 is 2.25 bits per heavy atom. The number of rotatable bonds is 7. The molecule has 1 aromatic carbocycles. The summed E-state index contributed by atoms with van der Waals surface area (Å²) in [5, 5.41) is 19.6. The number of aliphatic carboxylic acids is 2. The van der Waals surface area contributed by atoms with Crippen molar-refractivity contribution in [3.05, 3.63) is 35.6 Å². The van der Waals surface area contributed by atoms with Crippen LogP contribution in [0, 0.1) is 5.82 Å². The summed E-state index contributed by atoms with van der Waals surface area (Å²) in [7, 11) is 0. The Morgan fingerprint density at radius 2 is 1.75 bits per heavy atom. The van der Waals surface area contributed by atoms with E-state index in [9.17, 15) is 18.8 Å². The summed E-state index contributed by atoms with van der Waals surface area (Å²) in [5.74, 6) is -3.42. The zero-order valence-electron chi connectivity index (χ0n) is 10.5. The van der Waals surface area contributed by atoms with Crippen LogP contribution in [0.5, 0.6) is 0 Å². The first-order chi connectivity index (χ1) is 9.38. The quantitative estimate of drug-likeness (QED) is 0.686. The summed E-state index contributed by atoms with van der Waals surface area (Å²) < 4.78 is 12.7. The van der Waals surface area contributed by atoms with Gasteiger partial charge in [0.1, 0.15) is 11.9 Å². The third-order valence-electron chi connectivity index (χ3n) is 2.56. The second kappa shape index (κ2) is 7.22. The molecule has 0 spiro atoms. The number of hydrogen-bond acceptors (Lipinski definition) is 3. The SMILES string of the molecule is O=C(O)CCC(NC(=O)Cc1ccc(F)cc1)C(=O)O. The van der Waals surface area contributed by atoms with Crippen LogP contribution in [0.2, 0.25) is 0 Å². The first-order valence-electron chi connectivity index (χ1n) is 5.87. The number of carbonyl (C=O) groups is 3. The maximum absolute atomic E-state index is 12.7. The summed E-state index contributed by atoms with van der Waals surface area (Å²) in [4.78, 5) is 32.9. The molecule has 1 rings (SSSR count). The van der Waals surface area contributed by atoms with Gasteiger partial charge in [-0.15, -0.1) is 0 Å². The first-order valence-corrected chi connectivity index (χ1v) is 5.87. The summed E-state index contributed by atoms with van der Waals surface area (Å²) in [6, 6.07) is 3.98. The van der Waals surface area contributed by atoms with Crippen LogP contribution >= 0.6 is 0 Å². The normalized spacial score (nSPS) is 11.7. The van der Waals surface area contributed by atoms with Crippen molar-refractivity contribution < 1.29 is 29.0 Å². The van der Waals surface area contributed by atoms with Crippen LogP contribution < -0.4 is 5.32 Å². The summed E-state index contributed by atoms with van der Waals surface area (Å²) in [6.07, 6.45) is -0.648. The number of halogens is 1. The van der Waals surface area contributed by atoms with Gasteiger partial charge in [-0.25, -0.2) is 9.18 Å². The maximum Gasteiger partial charge on any atom is 0.326 e. The number of amides is 1. The molecule has 0 aromatic heterocycles. The Hall–Kier alpha value is -2.44. The van der Waals surface area contributed by atoms with Crippen LogP contribution in [0.15, 0.2) is 24.3 Å². The third kappa shape index (κ3) is 5.47. The average Bonchev–Trinajstić information content (AvgIpc) is 2.36. The molecule has 6 nitrogen and oxygen atoms in total. The molecule has 20 heavy (non-hydrogen) atoms. The number of nitrogens with one attached hydrogen (secondary N) is 1. The molecule has 0 aliphatic carbocycles. The lowest BCUT2D eigenvalue weighted by molar-refractivity contribution is -0.143. The van der Waals surface area contributed by atoms with E-state index < -0.39 is 29.7 Å².